The second-order valence-electron chi connectivity index (χ2n) is 7.21. The van der Waals surface area contributed by atoms with Crippen molar-refractivity contribution in [3.05, 3.63) is 16.0 Å². The Morgan fingerprint density at radius 1 is 1.14 bits per heavy atom. The highest BCUT2D eigenvalue weighted by Gasteiger charge is 2.68. The van der Waals surface area contributed by atoms with E-state index in [0.717, 1.165) is 10.4 Å². The first kappa shape index (κ1) is 17.0. The average Bonchev–Trinajstić information content (AvgIpc) is 2.62. The lowest BCUT2D eigenvalue weighted by Gasteiger charge is -2.08. The molecule has 1 aliphatic rings. The lowest BCUT2D eigenvalue weighted by atomic mass is 10.0. The molecule has 0 unspecified atom stereocenters. The molecule has 1 aromatic rings. The number of anilines is 1. The van der Waals surface area contributed by atoms with Crippen molar-refractivity contribution in [2.24, 2.45) is 16.7 Å². The molecule has 0 aliphatic heterocycles. The summed E-state index contributed by atoms with van der Waals surface area (Å²) < 4.78 is 0. The van der Waals surface area contributed by atoms with Gasteiger partial charge in [-0.25, -0.2) is 0 Å². The minimum atomic E-state index is -0.117. The van der Waals surface area contributed by atoms with Crippen LogP contribution < -0.4 is 10.6 Å². The summed E-state index contributed by atoms with van der Waals surface area (Å²) in [5, 5.41) is 6.50. The van der Waals surface area contributed by atoms with Crippen LogP contribution in [0.1, 0.15) is 55.4 Å². The molecule has 2 amide bonds. The van der Waals surface area contributed by atoms with E-state index < -0.39 is 0 Å². The molecule has 0 radical (unpaired) electrons. The van der Waals surface area contributed by atoms with Crippen molar-refractivity contribution in [2.45, 2.75) is 48.5 Å². The summed E-state index contributed by atoms with van der Waals surface area (Å²) in [6.07, 6.45) is 0. The summed E-state index contributed by atoms with van der Waals surface area (Å²) >= 11 is 1.48. The number of rotatable bonds is 4. The van der Waals surface area contributed by atoms with Crippen LogP contribution >= 0.6 is 11.3 Å². The molecule has 5 heteroatoms. The Kier molecular flexibility index (Phi) is 4.15. The molecule has 2 rings (SSSR count). The molecule has 4 nitrogen and oxygen atoms in total. The molecule has 0 aromatic carbocycles. The fraction of sp³-hybridized carbons (Fsp3) is 0.647. The largest absolute Gasteiger partial charge is 0.352 e. The second-order valence-corrected chi connectivity index (χ2v) is 8.44. The molecule has 0 saturated heterocycles. The van der Waals surface area contributed by atoms with Gasteiger partial charge < -0.3 is 10.6 Å². The molecule has 1 saturated carbocycles. The maximum Gasteiger partial charge on any atom is 0.254 e. The molecule has 0 bridgehead atoms. The third-order valence-electron chi connectivity index (χ3n) is 5.47. The minimum absolute atomic E-state index is 0.00965. The molecule has 1 aliphatic carbocycles. The van der Waals surface area contributed by atoms with E-state index in [-0.39, 0.29) is 28.6 Å². The minimum Gasteiger partial charge on any atom is -0.352 e. The van der Waals surface area contributed by atoms with Gasteiger partial charge in [0.25, 0.3) is 5.91 Å². The summed E-state index contributed by atoms with van der Waals surface area (Å²) in [6.45, 7) is 14.8. The monoisotopic (exact) mass is 322 g/mol. The predicted molar refractivity (Wildman–Crippen MR) is 91.5 cm³/mol. The van der Waals surface area contributed by atoms with Gasteiger partial charge in [0.05, 0.1) is 5.56 Å². The van der Waals surface area contributed by atoms with Crippen LogP contribution in [0.2, 0.25) is 0 Å². The van der Waals surface area contributed by atoms with E-state index in [9.17, 15) is 9.59 Å². The van der Waals surface area contributed by atoms with Crippen molar-refractivity contribution in [2.75, 3.05) is 11.9 Å². The second kappa shape index (κ2) is 5.37. The average molecular weight is 322 g/mol. The third kappa shape index (κ3) is 2.45. The smallest absolute Gasteiger partial charge is 0.254 e. The van der Waals surface area contributed by atoms with Gasteiger partial charge in [-0.2, -0.15) is 0 Å². The zero-order valence-electron chi connectivity index (χ0n) is 14.5. The lowest BCUT2D eigenvalue weighted by molar-refractivity contribution is -0.118. The van der Waals surface area contributed by atoms with Crippen molar-refractivity contribution in [3.63, 3.8) is 0 Å². The fourth-order valence-corrected chi connectivity index (χ4v) is 4.33. The summed E-state index contributed by atoms with van der Waals surface area (Å²) in [6, 6.07) is 0. The number of nitrogens with one attached hydrogen (secondary N) is 2. The molecule has 122 valence electrons. The molecule has 1 fully saturated rings. The van der Waals surface area contributed by atoms with E-state index in [2.05, 4.69) is 38.3 Å². The van der Waals surface area contributed by atoms with Gasteiger partial charge in [0.2, 0.25) is 5.91 Å². The Morgan fingerprint density at radius 2 is 1.68 bits per heavy atom. The topological polar surface area (TPSA) is 58.2 Å². The normalized spacial score (nSPS) is 18.9. The Labute approximate surface area is 136 Å². The van der Waals surface area contributed by atoms with E-state index in [4.69, 9.17) is 0 Å². The van der Waals surface area contributed by atoms with Crippen LogP contribution in [-0.4, -0.2) is 18.4 Å². The molecule has 1 heterocycles. The van der Waals surface area contributed by atoms with E-state index in [0.29, 0.717) is 17.1 Å². The first-order chi connectivity index (χ1) is 10.1. The maximum atomic E-state index is 12.6. The Morgan fingerprint density at radius 3 is 2.14 bits per heavy atom. The van der Waals surface area contributed by atoms with Crippen LogP contribution in [0.5, 0.6) is 0 Å². The number of carbonyl (C=O) groups is 2. The molecule has 22 heavy (non-hydrogen) atoms. The van der Waals surface area contributed by atoms with Gasteiger partial charge >= 0.3 is 0 Å². The summed E-state index contributed by atoms with van der Waals surface area (Å²) in [5.74, 6) is -0.124. The van der Waals surface area contributed by atoms with E-state index in [1.807, 2.05) is 20.8 Å². The van der Waals surface area contributed by atoms with Crippen LogP contribution in [0.4, 0.5) is 5.00 Å². The number of hydrogen-bond acceptors (Lipinski definition) is 3. The van der Waals surface area contributed by atoms with Crippen LogP contribution in [0.3, 0.4) is 0 Å². The molecule has 2 N–H and O–H groups in total. The van der Waals surface area contributed by atoms with Crippen molar-refractivity contribution >= 4 is 28.2 Å². The van der Waals surface area contributed by atoms with Gasteiger partial charge in [0, 0.05) is 17.3 Å². The highest BCUT2D eigenvalue weighted by atomic mass is 32.1. The first-order valence-corrected chi connectivity index (χ1v) is 8.56. The maximum absolute atomic E-state index is 12.6. The molecule has 0 spiro atoms. The molecular formula is C17H26N2O2S. The van der Waals surface area contributed by atoms with E-state index in [1.165, 1.54) is 11.3 Å². The number of thiophene rings is 1. The van der Waals surface area contributed by atoms with Gasteiger partial charge in [-0.15, -0.1) is 11.3 Å². The van der Waals surface area contributed by atoms with Crippen molar-refractivity contribution in [1.82, 2.24) is 5.32 Å². The Balaban J connectivity index is 2.26. The van der Waals surface area contributed by atoms with Crippen LogP contribution in [-0.2, 0) is 4.79 Å². The number of hydrogen-bond donors (Lipinski definition) is 2. The summed E-state index contributed by atoms with van der Waals surface area (Å²) in [7, 11) is 0. The highest BCUT2D eigenvalue weighted by molar-refractivity contribution is 7.16. The Bertz CT molecular complexity index is 615. The quantitative estimate of drug-likeness (QED) is 0.887. The van der Waals surface area contributed by atoms with Crippen molar-refractivity contribution in [3.8, 4) is 0 Å². The standard InChI is InChI=1S/C17H26N2O2S/c1-8-18-13(20)11-9(2)10(3)22-15(11)19-14(21)12-16(4,5)17(12,6)7/h12H,8H2,1-7H3,(H,18,20)(H,19,21). The fourth-order valence-electron chi connectivity index (χ4n) is 3.27. The van der Waals surface area contributed by atoms with Crippen LogP contribution in [0.15, 0.2) is 0 Å². The van der Waals surface area contributed by atoms with Gasteiger partial charge in [-0.1, -0.05) is 27.7 Å². The number of aryl methyl sites for hydroxylation is 1. The molecule has 0 atom stereocenters. The number of amides is 2. The lowest BCUT2D eigenvalue weighted by Crippen LogP contribution is -2.25. The highest BCUT2D eigenvalue weighted by Crippen LogP contribution is 2.68. The van der Waals surface area contributed by atoms with E-state index >= 15 is 0 Å². The molecule has 1 aromatic heterocycles. The summed E-state index contributed by atoms with van der Waals surface area (Å²) in [4.78, 5) is 25.9. The van der Waals surface area contributed by atoms with Gasteiger partial charge in [0.1, 0.15) is 5.00 Å². The SMILES string of the molecule is CCNC(=O)c1c(NC(=O)C2C(C)(C)C2(C)C)sc(C)c1C. The number of carbonyl (C=O) groups excluding carboxylic acids is 2. The first-order valence-electron chi connectivity index (χ1n) is 7.74. The molecular weight excluding hydrogens is 296 g/mol. The zero-order chi connectivity index (χ0) is 16.9. The third-order valence-corrected chi connectivity index (χ3v) is 6.59. The van der Waals surface area contributed by atoms with Gasteiger partial charge in [-0.3, -0.25) is 9.59 Å². The van der Waals surface area contributed by atoms with Crippen LogP contribution in [0.25, 0.3) is 0 Å². The van der Waals surface area contributed by atoms with E-state index in [1.54, 1.807) is 0 Å². The Hall–Kier alpha value is -1.36. The van der Waals surface area contributed by atoms with Crippen molar-refractivity contribution < 1.29 is 9.59 Å². The zero-order valence-corrected chi connectivity index (χ0v) is 15.3. The van der Waals surface area contributed by atoms with Gasteiger partial charge in [-0.05, 0) is 37.2 Å². The summed E-state index contributed by atoms with van der Waals surface area (Å²) in [5.41, 5.74) is 1.53. The predicted octanol–water partition coefficient (Wildman–Crippen LogP) is 3.74. The van der Waals surface area contributed by atoms with Gasteiger partial charge in [0.15, 0.2) is 0 Å². The van der Waals surface area contributed by atoms with Crippen molar-refractivity contribution in [1.29, 1.82) is 0 Å². The van der Waals surface area contributed by atoms with Crippen LogP contribution in [0, 0.1) is 30.6 Å².